The molecule has 1 amide bonds. The maximum Gasteiger partial charge on any atom is 0.354 e. The molecule has 16 heavy (non-hydrogen) atoms. The highest BCUT2D eigenvalue weighted by molar-refractivity contribution is 5.97. The van der Waals surface area contributed by atoms with E-state index in [4.69, 9.17) is 10.8 Å². The normalized spacial score (nSPS) is 10.6. The van der Waals surface area contributed by atoms with Crippen LogP contribution < -0.4 is 5.73 Å². The second-order valence-electron chi connectivity index (χ2n) is 3.24. The number of hydrogen-bond acceptors (Lipinski definition) is 4. The molecule has 0 spiro atoms. The van der Waals surface area contributed by atoms with E-state index < -0.39 is 11.9 Å². The van der Waals surface area contributed by atoms with Gasteiger partial charge in [-0.2, -0.15) is 0 Å². The molecule has 0 fully saturated rings. The lowest BCUT2D eigenvalue weighted by Gasteiger charge is -2.01. The Morgan fingerprint density at radius 3 is 2.75 bits per heavy atom. The monoisotopic (exact) mass is 220 g/mol. The van der Waals surface area contributed by atoms with Gasteiger partial charge in [-0.05, 0) is 13.0 Å². The lowest BCUT2D eigenvalue weighted by Crippen LogP contribution is -2.13. The summed E-state index contributed by atoms with van der Waals surface area (Å²) in [6.07, 6.45) is 1.38. The first-order chi connectivity index (χ1) is 7.50. The molecule has 0 saturated heterocycles. The number of aryl methyl sites for hydroxylation is 1. The standard InChI is InChI=1S/C9H8N4O3/c1-4-2-5(9(15)16)12-8-6(7(10)14)11-3-13(4)8/h2-3H,1H3,(H2,10,14)(H,15,16). The molecule has 2 heterocycles. The number of hydrogen-bond donors (Lipinski definition) is 2. The van der Waals surface area contributed by atoms with Crippen molar-refractivity contribution < 1.29 is 14.7 Å². The molecular weight excluding hydrogens is 212 g/mol. The Morgan fingerprint density at radius 1 is 1.50 bits per heavy atom. The van der Waals surface area contributed by atoms with Crippen LogP contribution in [0, 0.1) is 6.92 Å². The molecule has 2 aromatic heterocycles. The summed E-state index contributed by atoms with van der Waals surface area (Å²) in [7, 11) is 0. The number of aromatic carboxylic acids is 1. The van der Waals surface area contributed by atoms with Crippen LogP contribution in [0.3, 0.4) is 0 Å². The van der Waals surface area contributed by atoms with Crippen molar-refractivity contribution in [2.75, 3.05) is 0 Å². The van der Waals surface area contributed by atoms with Gasteiger partial charge in [-0.15, -0.1) is 0 Å². The fraction of sp³-hybridized carbons (Fsp3) is 0.111. The van der Waals surface area contributed by atoms with E-state index in [9.17, 15) is 9.59 Å². The molecule has 7 heteroatoms. The van der Waals surface area contributed by atoms with Gasteiger partial charge in [0.25, 0.3) is 5.91 Å². The average Bonchev–Trinajstić information content (AvgIpc) is 2.61. The molecular formula is C9H8N4O3. The number of nitrogens with zero attached hydrogens (tertiary/aromatic N) is 3. The molecule has 2 rings (SSSR count). The van der Waals surface area contributed by atoms with Gasteiger partial charge in [0.2, 0.25) is 0 Å². The highest BCUT2D eigenvalue weighted by Gasteiger charge is 2.15. The zero-order valence-corrected chi connectivity index (χ0v) is 8.34. The Balaban J connectivity index is 2.81. The van der Waals surface area contributed by atoms with Crippen molar-refractivity contribution in [3.05, 3.63) is 29.5 Å². The summed E-state index contributed by atoms with van der Waals surface area (Å²) >= 11 is 0. The Morgan fingerprint density at radius 2 is 2.19 bits per heavy atom. The molecule has 0 radical (unpaired) electrons. The molecule has 82 valence electrons. The van der Waals surface area contributed by atoms with Crippen molar-refractivity contribution in [2.45, 2.75) is 6.92 Å². The Labute approximate surface area is 89.5 Å². The van der Waals surface area contributed by atoms with E-state index in [0.29, 0.717) is 5.69 Å². The predicted molar refractivity (Wildman–Crippen MR) is 53.2 cm³/mol. The average molecular weight is 220 g/mol. The largest absolute Gasteiger partial charge is 0.477 e. The smallest absolute Gasteiger partial charge is 0.354 e. The number of carbonyl (C=O) groups excluding carboxylic acids is 1. The maximum absolute atomic E-state index is 11.0. The van der Waals surface area contributed by atoms with Gasteiger partial charge in [0.05, 0.1) is 0 Å². The minimum absolute atomic E-state index is 0.0359. The van der Waals surface area contributed by atoms with E-state index in [1.807, 2.05) is 0 Å². The third kappa shape index (κ3) is 1.38. The molecule has 7 nitrogen and oxygen atoms in total. The van der Waals surface area contributed by atoms with E-state index in [0.717, 1.165) is 0 Å². The van der Waals surface area contributed by atoms with Gasteiger partial charge in [0.1, 0.15) is 6.33 Å². The number of aromatic nitrogens is 3. The summed E-state index contributed by atoms with van der Waals surface area (Å²) in [5.41, 5.74) is 5.69. The first-order valence-corrected chi connectivity index (χ1v) is 4.38. The number of rotatable bonds is 2. The number of carboxylic acid groups (broad SMARTS) is 1. The summed E-state index contributed by atoms with van der Waals surface area (Å²) in [5.74, 6) is -1.90. The minimum atomic E-state index is -1.16. The van der Waals surface area contributed by atoms with Crippen LogP contribution in [-0.4, -0.2) is 31.4 Å². The molecule has 3 N–H and O–H groups in total. The van der Waals surface area contributed by atoms with Crippen LogP contribution in [0.1, 0.15) is 26.7 Å². The zero-order valence-electron chi connectivity index (χ0n) is 8.34. The summed E-state index contributed by atoms with van der Waals surface area (Å²) in [4.78, 5) is 29.4. The van der Waals surface area contributed by atoms with Crippen LogP contribution in [0.2, 0.25) is 0 Å². The number of primary amides is 1. The highest BCUT2D eigenvalue weighted by atomic mass is 16.4. The topological polar surface area (TPSA) is 111 Å². The molecule has 0 bridgehead atoms. The summed E-state index contributed by atoms with van der Waals surface area (Å²) in [6, 6.07) is 1.39. The molecule has 0 atom stereocenters. The Kier molecular flexibility index (Phi) is 2.08. The van der Waals surface area contributed by atoms with Crippen LogP contribution in [0.5, 0.6) is 0 Å². The van der Waals surface area contributed by atoms with Crippen LogP contribution >= 0.6 is 0 Å². The van der Waals surface area contributed by atoms with E-state index >= 15 is 0 Å². The lowest BCUT2D eigenvalue weighted by atomic mass is 10.3. The van der Waals surface area contributed by atoms with Crippen LogP contribution in [0.15, 0.2) is 12.4 Å². The van der Waals surface area contributed by atoms with Crippen molar-refractivity contribution in [3.63, 3.8) is 0 Å². The number of imidazole rings is 1. The van der Waals surface area contributed by atoms with Gasteiger partial charge in [0.15, 0.2) is 17.0 Å². The first kappa shape index (κ1) is 10.1. The van der Waals surface area contributed by atoms with Gasteiger partial charge in [-0.25, -0.2) is 14.8 Å². The fourth-order valence-corrected chi connectivity index (χ4v) is 1.40. The second kappa shape index (κ2) is 3.30. The van der Waals surface area contributed by atoms with Gasteiger partial charge >= 0.3 is 5.97 Å². The zero-order chi connectivity index (χ0) is 11.9. The second-order valence-corrected chi connectivity index (χ2v) is 3.24. The number of amides is 1. The number of carbonyl (C=O) groups is 2. The van der Waals surface area contributed by atoms with Crippen molar-refractivity contribution in [3.8, 4) is 0 Å². The highest BCUT2D eigenvalue weighted by Crippen LogP contribution is 2.11. The summed E-state index contributed by atoms with van der Waals surface area (Å²) in [5, 5.41) is 8.83. The summed E-state index contributed by atoms with van der Waals surface area (Å²) < 4.78 is 1.51. The first-order valence-electron chi connectivity index (χ1n) is 4.38. The van der Waals surface area contributed by atoms with Gasteiger partial charge < -0.3 is 10.8 Å². The summed E-state index contributed by atoms with van der Waals surface area (Å²) in [6.45, 7) is 1.69. The SMILES string of the molecule is Cc1cc(C(=O)O)nc2c(C(N)=O)ncn12. The molecule has 0 saturated carbocycles. The number of carboxylic acids is 1. The number of fused-ring (bicyclic) bond motifs is 1. The van der Waals surface area contributed by atoms with E-state index in [-0.39, 0.29) is 17.0 Å². The molecule has 0 aromatic carbocycles. The van der Waals surface area contributed by atoms with Crippen LogP contribution in [0.4, 0.5) is 0 Å². The quantitative estimate of drug-likeness (QED) is 0.730. The minimum Gasteiger partial charge on any atom is -0.477 e. The lowest BCUT2D eigenvalue weighted by molar-refractivity contribution is 0.0690. The Bertz CT molecular complexity index is 602. The predicted octanol–water partition coefficient (Wildman–Crippen LogP) is -0.165. The van der Waals surface area contributed by atoms with Crippen molar-refractivity contribution in [1.29, 1.82) is 0 Å². The van der Waals surface area contributed by atoms with Crippen molar-refractivity contribution >= 4 is 17.5 Å². The molecule has 0 aliphatic heterocycles. The van der Waals surface area contributed by atoms with Crippen molar-refractivity contribution in [1.82, 2.24) is 14.4 Å². The number of nitrogens with two attached hydrogens (primary N) is 1. The van der Waals surface area contributed by atoms with Gasteiger partial charge in [-0.3, -0.25) is 9.20 Å². The molecule has 0 unspecified atom stereocenters. The molecule has 2 aromatic rings. The van der Waals surface area contributed by atoms with Crippen molar-refractivity contribution in [2.24, 2.45) is 5.73 Å². The fourth-order valence-electron chi connectivity index (χ4n) is 1.40. The van der Waals surface area contributed by atoms with Crippen LogP contribution in [0.25, 0.3) is 5.65 Å². The van der Waals surface area contributed by atoms with Gasteiger partial charge in [0, 0.05) is 5.69 Å². The maximum atomic E-state index is 11.0. The van der Waals surface area contributed by atoms with E-state index in [1.54, 1.807) is 6.92 Å². The van der Waals surface area contributed by atoms with E-state index in [1.165, 1.54) is 16.8 Å². The third-order valence-corrected chi connectivity index (χ3v) is 2.15. The van der Waals surface area contributed by atoms with E-state index in [2.05, 4.69) is 9.97 Å². The Hall–Kier alpha value is -2.44. The van der Waals surface area contributed by atoms with Gasteiger partial charge in [-0.1, -0.05) is 0 Å². The molecule has 0 aliphatic rings. The molecule has 0 aliphatic carbocycles. The van der Waals surface area contributed by atoms with Crippen LogP contribution in [-0.2, 0) is 0 Å². The third-order valence-electron chi connectivity index (χ3n) is 2.15.